The number of nitrogens with zero attached hydrogens (tertiary/aromatic N) is 2. The number of carbonyl (C=O) groups is 3. The standard InChI is InChI=1S/C21H19F2N3O3/c22-15-8-4-9-16(23)17(15)18(27)25-11-5-10-21(13-25)19(28)26(20(29)24-21)12-14-6-2-1-3-7-14/h1-4,6-9H,5,10-13H2,(H,24,29). The van der Waals surface area contributed by atoms with Crippen molar-refractivity contribution in [3.63, 3.8) is 0 Å². The number of rotatable bonds is 3. The lowest BCUT2D eigenvalue weighted by atomic mass is 9.88. The van der Waals surface area contributed by atoms with Gasteiger partial charge in [0.15, 0.2) is 0 Å². The number of benzene rings is 2. The Labute approximate surface area is 166 Å². The molecule has 4 rings (SSSR count). The minimum Gasteiger partial charge on any atom is -0.336 e. The molecule has 0 saturated carbocycles. The predicted molar refractivity (Wildman–Crippen MR) is 99.8 cm³/mol. The Bertz CT molecular complexity index is 962. The average Bonchev–Trinajstić information content (AvgIpc) is 2.92. The maximum absolute atomic E-state index is 14.0. The molecule has 0 aromatic heterocycles. The second-order valence-electron chi connectivity index (χ2n) is 7.32. The molecule has 1 unspecified atom stereocenters. The number of halogens is 2. The monoisotopic (exact) mass is 399 g/mol. The number of carbonyl (C=O) groups excluding carboxylic acids is 3. The summed E-state index contributed by atoms with van der Waals surface area (Å²) in [6, 6.07) is 11.8. The number of hydrogen-bond donors (Lipinski definition) is 1. The van der Waals surface area contributed by atoms with Crippen molar-refractivity contribution < 1.29 is 23.2 Å². The molecule has 2 aromatic carbocycles. The van der Waals surface area contributed by atoms with Crippen molar-refractivity contribution in [3.05, 3.63) is 71.3 Å². The summed E-state index contributed by atoms with van der Waals surface area (Å²) in [4.78, 5) is 40.7. The summed E-state index contributed by atoms with van der Waals surface area (Å²) in [5.74, 6) is -3.18. The van der Waals surface area contributed by atoms with Gasteiger partial charge in [-0.05, 0) is 30.5 Å². The van der Waals surface area contributed by atoms with E-state index in [4.69, 9.17) is 0 Å². The third kappa shape index (κ3) is 3.35. The Morgan fingerprint density at radius 2 is 1.72 bits per heavy atom. The second-order valence-corrected chi connectivity index (χ2v) is 7.32. The van der Waals surface area contributed by atoms with E-state index in [0.717, 1.165) is 22.6 Å². The van der Waals surface area contributed by atoms with Crippen LogP contribution >= 0.6 is 0 Å². The molecule has 2 heterocycles. The van der Waals surface area contributed by atoms with Crippen LogP contribution in [0.25, 0.3) is 0 Å². The smallest absolute Gasteiger partial charge is 0.325 e. The van der Waals surface area contributed by atoms with Gasteiger partial charge in [-0.3, -0.25) is 14.5 Å². The highest BCUT2D eigenvalue weighted by Crippen LogP contribution is 2.30. The Morgan fingerprint density at radius 3 is 2.41 bits per heavy atom. The van der Waals surface area contributed by atoms with Crippen LogP contribution in [-0.4, -0.2) is 46.3 Å². The Balaban J connectivity index is 1.56. The number of nitrogens with one attached hydrogen (secondary N) is 1. The Morgan fingerprint density at radius 1 is 1.03 bits per heavy atom. The zero-order valence-corrected chi connectivity index (χ0v) is 15.5. The normalized spacial score (nSPS) is 21.6. The maximum Gasteiger partial charge on any atom is 0.325 e. The second kappa shape index (κ2) is 7.27. The zero-order chi connectivity index (χ0) is 20.6. The fourth-order valence-electron chi connectivity index (χ4n) is 3.95. The van der Waals surface area contributed by atoms with Crippen molar-refractivity contribution in [1.29, 1.82) is 0 Å². The van der Waals surface area contributed by atoms with Crippen LogP contribution in [0.1, 0.15) is 28.8 Å². The molecule has 0 aliphatic carbocycles. The molecule has 0 bridgehead atoms. The molecular formula is C21H19F2N3O3. The highest BCUT2D eigenvalue weighted by atomic mass is 19.1. The van der Waals surface area contributed by atoms with Gasteiger partial charge in [0.25, 0.3) is 11.8 Å². The minimum atomic E-state index is -1.28. The molecule has 8 heteroatoms. The molecule has 29 heavy (non-hydrogen) atoms. The first kappa shape index (κ1) is 19.0. The molecule has 2 aliphatic heterocycles. The van der Waals surface area contributed by atoms with Crippen LogP contribution < -0.4 is 5.32 Å². The van der Waals surface area contributed by atoms with E-state index in [1.54, 1.807) is 0 Å². The van der Waals surface area contributed by atoms with E-state index < -0.39 is 40.6 Å². The van der Waals surface area contributed by atoms with Crippen LogP contribution in [0.4, 0.5) is 13.6 Å². The third-order valence-electron chi connectivity index (χ3n) is 5.39. The molecule has 4 amide bonds. The summed E-state index contributed by atoms with van der Waals surface area (Å²) in [6.07, 6.45) is 0.777. The largest absolute Gasteiger partial charge is 0.336 e. The van der Waals surface area contributed by atoms with Gasteiger partial charge in [0.2, 0.25) is 0 Å². The fraction of sp³-hybridized carbons (Fsp3) is 0.286. The molecule has 0 radical (unpaired) electrons. The van der Waals surface area contributed by atoms with E-state index in [1.165, 1.54) is 11.0 Å². The van der Waals surface area contributed by atoms with Crippen molar-refractivity contribution >= 4 is 17.8 Å². The van der Waals surface area contributed by atoms with Gasteiger partial charge in [0.05, 0.1) is 13.1 Å². The number of urea groups is 1. The number of hydrogen-bond acceptors (Lipinski definition) is 3. The van der Waals surface area contributed by atoms with Gasteiger partial charge >= 0.3 is 6.03 Å². The SMILES string of the molecule is O=C(c1c(F)cccc1F)N1CCCC2(C1)NC(=O)N(Cc1ccccc1)C2=O. The van der Waals surface area contributed by atoms with Crippen LogP contribution in [-0.2, 0) is 11.3 Å². The Hall–Kier alpha value is -3.29. The van der Waals surface area contributed by atoms with E-state index in [-0.39, 0.29) is 19.6 Å². The molecule has 2 aliphatic rings. The van der Waals surface area contributed by atoms with Gasteiger partial charge in [0, 0.05) is 6.54 Å². The van der Waals surface area contributed by atoms with Gasteiger partial charge in [-0.2, -0.15) is 0 Å². The lowest BCUT2D eigenvalue weighted by Crippen LogP contribution is -2.59. The van der Waals surface area contributed by atoms with Gasteiger partial charge in [-0.15, -0.1) is 0 Å². The highest BCUT2D eigenvalue weighted by molar-refractivity contribution is 6.07. The van der Waals surface area contributed by atoms with Gasteiger partial charge in [-0.1, -0.05) is 36.4 Å². The van der Waals surface area contributed by atoms with E-state index >= 15 is 0 Å². The lowest BCUT2D eigenvalue weighted by Gasteiger charge is -2.38. The topological polar surface area (TPSA) is 69.7 Å². The fourth-order valence-corrected chi connectivity index (χ4v) is 3.95. The van der Waals surface area contributed by atoms with Gasteiger partial charge in [-0.25, -0.2) is 13.6 Å². The zero-order valence-electron chi connectivity index (χ0n) is 15.5. The molecule has 1 N–H and O–H groups in total. The van der Waals surface area contributed by atoms with Crippen molar-refractivity contribution in [3.8, 4) is 0 Å². The van der Waals surface area contributed by atoms with Gasteiger partial charge in [0.1, 0.15) is 22.7 Å². The first-order chi connectivity index (χ1) is 13.9. The maximum atomic E-state index is 14.0. The molecule has 2 fully saturated rings. The lowest BCUT2D eigenvalue weighted by molar-refractivity contribution is -0.133. The van der Waals surface area contributed by atoms with E-state index in [1.807, 2.05) is 30.3 Å². The number of piperidine rings is 1. The molecule has 2 aromatic rings. The molecule has 1 spiro atoms. The van der Waals surface area contributed by atoms with Crippen LogP contribution in [0, 0.1) is 11.6 Å². The average molecular weight is 399 g/mol. The molecule has 1 atom stereocenters. The van der Waals surface area contributed by atoms with Crippen LogP contribution in [0.2, 0.25) is 0 Å². The van der Waals surface area contributed by atoms with Crippen molar-refractivity contribution in [1.82, 2.24) is 15.1 Å². The highest BCUT2D eigenvalue weighted by Gasteiger charge is 2.53. The first-order valence-electron chi connectivity index (χ1n) is 9.33. The minimum absolute atomic E-state index is 0.114. The summed E-state index contributed by atoms with van der Waals surface area (Å²) in [5.41, 5.74) is -1.13. The van der Waals surface area contributed by atoms with Crippen LogP contribution in [0.15, 0.2) is 48.5 Å². The molecule has 6 nitrogen and oxygen atoms in total. The molecule has 2 saturated heterocycles. The summed E-state index contributed by atoms with van der Waals surface area (Å²) < 4.78 is 28.1. The number of imide groups is 1. The van der Waals surface area contributed by atoms with Crippen molar-refractivity contribution in [2.45, 2.75) is 24.9 Å². The third-order valence-corrected chi connectivity index (χ3v) is 5.39. The summed E-state index contributed by atoms with van der Waals surface area (Å²) >= 11 is 0. The first-order valence-corrected chi connectivity index (χ1v) is 9.33. The number of amides is 4. The summed E-state index contributed by atoms with van der Waals surface area (Å²) in [7, 11) is 0. The predicted octanol–water partition coefficient (Wildman–Crippen LogP) is 2.69. The van der Waals surface area contributed by atoms with Gasteiger partial charge < -0.3 is 10.2 Å². The summed E-state index contributed by atoms with van der Waals surface area (Å²) in [6.45, 7) is 0.231. The quantitative estimate of drug-likeness (QED) is 0.807. The molecule has 150 valence electrons. The van der Waals surface area contributed by atoms with E-state index in [0.29, 0.717) is 12.8 Å². The van der Waals surface area contributed by atoms with E-state index in [9.17, 15) is 23.2 Å². The van der Waals surface area contributed by atoms with Crippen LogP contribution in [0.5, 0.6) is 0 Å². The summed E-state index contributed by atoms with van der Waals surface area (Å²) in [5, 5.41) is 2.71. The molecular weight excluding hydrogens is 380 g/mol. The van der Waals surface area contributed by atoms with E-state index in [2.05, 4.69) is 5.32 Å². The van der Waals surface area contributed by atoms with Crippen molar-refractivity contribution in [2.75, 3.05) is 13.1 Å². The van der Waals surface area contributed by atoms with Crippen LogP contribution in [0.3, 0.4) is 0 Å². The Kier molecular flexibility index (Phi) is 4.77. The van der Waals surface area contributed by atoms with Crippen molar-refractivity contribution in [2.24, 2.45) is 0 Å². The number of likely N-dealkylation sites (tertiary alicyclic amines) is 1.